The maximum atomic E-state index is 13.1. The molecule has 0 fully saturated rings. The number of aromatic nitrogens is 3. The van der Waals surface area contributed by atoms with Crippen LogP contribution >= 0.6 is 0 Å². The Bertz CT molecular complexity index is 888. The molecule has 0 spiro atoms. The average Bonchev–Trinajstić information content (AvgIpc) is 2.88. The number of hydrogen-bond acceptors (Lipinski definition) is 4. The number of benzene rings is 1. The molecule has 1 aromatic heterocycles. The van der Waals surface area contributed by atoms with Crippen molar-refractivity contribution in [2.24, 2.45) is 0 Å². The first kappa shape index (κ1) is 16.8. The summed E-state index contributed by atoms with van der Waals surface area (Å²) in [6.07, 6.45) is 3.23. The van der Waals surface area contributed by atoms with Crippen molar-refractivity contribution >= 4 is 10.0 Å². The predicted octanol–water partition coefficient (Wildman–Crippen LogP) is 0.889. The molecule has 0 aliphatic carbocycles. The quantitative estimate of drug-likeness (QED) is 0.781. The van der Waals surface area contributed by atoms with E-state index in [4.69, 9.17) is 0 Å². The van der Waals surface area contributed by atoms with Crippen molar-refractivity contribution in [3.63, 3.8) is 0 Å². The topological polar surface area (TPSA) is 86.0 Å². The lowest BCUT2D eigenvalue weighted by molar-refractivity contribution is 0.508. The molecule has 7 nitrogen and oxygen atoms in total. The molecule has 0 saturated carbocycles. The summed E-state index contributed by atoms with van der Waals surface area (Å²) in [5.74, 6) is 0.194. The highest BCUT2D eigenvalue weighted by atomic mass is 32.2. The highest BCUT2D eigenvalue weighted by Crippen LogP contribution is 2.11. The first-order valence-electron chi connectivity index (χ1n) is 7.89. The summed E-state index contributed by atoms with van der Waals surface area (Å²) >= 11 is 0. The lowest BCUT2D eigenvalue weighted by Gasteiger charge is -2.09. The van der Waals surface area contributed by atoms with E-state index in [1.54, 1.807) is 4.57 Å². The molecule has 1 N–H and O–H groups in total. The highest BCUT2D eigenvalue weighted by Gasteiger charge is 2.17. The molecule has 9 heteroatoms. The third kappa shape index (κ3) is 3.57. The number of halogens is 1. The summed E-state index contributed by atoms with van der Waals surface area (Å²) in [7, 11) is -3.75. The monoisotopic (exact) mass is 354 g/mol. The molecule has 0 radical (unpaired) electrons. The van der Waals surface area contributed by atoms with E-state index in [9.17, 15) is 17.6 Å². The molecule has 1 aliphatic heterocycles. The summed E-state index contributed by atoms with van der Waals surface area (Å²) < 4.78 is 42.7. The molecular formula is C15H19FN4O3S. The Balaban J connectivity index is 1.58. The van der Waals surface area contributed by atoms with Crippen LogP contribution in [0.5, 0.6) is 0 Å². The van der Waals surface area contributed by atoms with Gasteiger partial charge in [-0.2, -0.15) is 5.10 Å². The van der Waals surface area contributed by atoms with Crippen LogP contribution in [0.25, 0.3) is 0 Å². The summed E-state index contributed by atoms with van der Waals surface area (Å²) in [5, 5.41) is 4.29. The van der Waals surface area contributed by atoms with Crippen LogP contribution in [-0.2, 0) is 29.5 Å². The number of nitrogens with zero attached hydrogens (tertiary/aromatic N) is 3. The standard InChI is InChI=1S/C15H19FN4O3S/c16-12-5-3-6-13(11-12)24(22,23)17-8-4-10-20-15(21)19-9-2-1-7-14(19)18-20/h3,5-6,11,17H,1-2,4,7-10H2. The zero-order valence-corrected chi connectivity index (χ0v) is 13.9. The van der Waals surface area contributed by atoms with Crippen molar-refractivity contribution in [3.8, 4) is 0 Å². The molecular weight excluding hydrogens is 335 g/mol. The van der Waals surface area contributed by atoms with Gasteiger partial charge in [-0.25, -0.2) is 27.0 Å². The van der Waals surface area contributed by atoms with E-state index in [0.717, 1.165) is 31.2 Å². The SMILES string of the molecule is O=c1n(CCCNS(=O)(=O)c2cccc(F)c2)nc2n1CCCC2. The van der Waals surface area contributed by atoms with Crippen LogP contribution in [0.2, 0.25) is 0 Å². The van der Waals surface area contributed by atoms with Crippen molar-refractivity contribution in [1.82, 2.24) is 19.1 Å². The maximum Gasteiger partial charge on any atom is 0.345 e. The Morgan fingerprint density at radius 3 is 2.88 bits per heavy atom. The second kappa shape index (κ2) is 6.86. The molecule has 0 amide bonds. The van der Waals surface area contributed by atoms with Crippen molar-refractivity contribution < 1.29 is 12.8 Å². The fourth-order valence-electron chi connectivity index (χ4n) is 2.75. The Labute approximate surface area is 139 Å². The molecule has 2 aromatic rings. The van der Waals surface area contributed by atoms with E-state index >= 15 is 0 Å². The van der Waals surface area contributed by atoms with Gasteiger partial charge in [0.25, 0.3) is 0 Å². The number of sulfonamides is 1. The first-order valence-corrected chi connectivity index (χ1v) is 9.37. The number of fused-ring (bicyclic) bond motifs is 1. The van der Waals surface area contributed by atoms with E-state index in [-0.39, 0.29) is 17.1 Å². The van der Waals surface area contributed by atoms with Crippen molar-refractivity contribution in [3.05, 3.63) is 46.4 Å². The molecule has 0 atom stereocenters. The van der Waals surface area contributed by atoms with Gasteiger partial charge in [0, 0.05) is 26.1 Å². The van der Waals surface area contributed by atoms with Crippen LogP contribution in [0.4, 0.5) is 4.39 Å². The van der Waals surface area contributed by atoms with E-state index in [1.807, 2.05) is 0 Å². The molecule has 3 rings (SSSR count). The molecule has 2 heterocycles. The minimum atomic E-state index is -3.75. The van der Waals surface area contributed by atoms with E-state index < -0.39 is 15.8 Å². The highest BCUT2D eigenvalue weighted by molar-refractivity contribution is 7.89. The van der Waals surface area contributed by atoms with Crippen LogP contribution in [-0.4, -0.2) is 29.3 Å². The van der Waals surface area contributed by atoms with Gasteiger partial charge in [0.15, 0.2) is 0 Å². The summed E-state index contributed by atoms with van der Waals surface area (Å²) in [6, 6.07) is 4.83. The van der Waals surface area contributed by atoms with Crippen LogP contribution in [0.15, 0.2) is 34.0 Å². The van der Waals surface area contributed by atoms with Crippen LogP contribution < -0.4 is 10.4 Å². The summed E-state index contributed by atoms with van der Waals surface area (Å²) in [4.78, 5) is 12.0. The second-order valence-electron chi connectivity index (χ2n) is 5.74. The lowest BCUT2D eigenvalue weighted by Crippen LogP contribution is -2.29. The number of hydrogen-bond donors (Lipinski definition) is 1. The predicted molar refractivity (Wildman–Crippen MR) is 85.6 cm³/mol. The van der Waals surface area contributed by atoms with Crippen molar-refractivity contribution in [2.75, 3.05) is 6.54 Å². The Kier molecular flexibility index (Phi) is 4.81. The van der Waals surface area contributed by atoms with Gasteiger partial charge >= 0.3 is 5.69 Å². The van der Waals surface area contributed by atoms with Gasteiger partial charge in [-0.05, 0) is 37.5 Å². The molecule has 1 aliphatic rings. The van der Waals surface area contributed by atoms with Crippen LogP contribution in [0.3, 0.4) is 0 Å². The summed E-state index contributed by atoms with van der Waals surface area (Å²) in [5.41, 5.74) is -0.141. The normalized spacial score (nSPS) is 14.5. The Hall–Kier alpha value is -2.00. The van der Waals surface area contributed by atoms with Gasteiger partial charge in [-0.3, -0.25) is 4.57 Å². The fraction of sp³-hybridized carbons (Fsp3) is 0.467. The van der Waals surface area contributed by atoms with Crippen LogP contribution in [0.1, 0.15) is 25.1 Å². The number of rotatable bonds is 6. The largest absolute Gasteiger partial charge is 0.345 e. The third-order valence-corrected chi connectivity index (χ3v) is 5.44. The zero-order valence-electron chi connectivity index (χ0n) is 13.1. The number of nitrogens with one attached hydrogen (secondary N) is 1. The van der Waals surface area contributed by atoms with Gasteiger partial charge in [-0.1, -0.05) is 6.07 Å². The average molecular weight is 354 g/mol. The Morgan fingerprint density at radius 1 is 1.29 bits per heavy atom. The maximum absolute atomic E-state index is 13.1. The van der Waals surface area contributed by atoms with E-state index in [0.29, 0.717) is 19.5 Å². The smallest absolute Gasteiger partial charge is 0.279 e. The molecule has 24 heavy (non-hydrogen) atoms. The minimum Gasteiger partial charge on any atom is -0.279 e. The minimum absolute atomic E-state index is 0.114. The van der Waals surface area contributed by atoms with E-state index in [2.05, 4.69) is 9.82 Å². The second-order valence-corrected chi connectivity index (χ2v) is 7.51. The van der Waals surface area contributed by atoms with Gasteiger partial charge < -0.3 is 0 Å². The van der Waals surface area contributed by atoms with E-state index in [1.165, 1.54) is 22.9 Å². The molecule has 0 saturated heterocycles. The van der Waals surface area contributed by atoms with Crippen LogP contribution in [0, 0.1) is 5.82 Å². The molecule has 0 bridgehead atoms. The van der Waals surface area contributed by atoms with Gasteiger partial charge in [-0.15, -0.1) is 0 Å². The lowest BCUT2D eigenvalue weighted by atomic mass is 10.2. The van der Waals surface area contributed by atoms with Crippen molar-refractivity contribution in [1.29, 1.82) is 0 Å². The molecule has 0 unspecified atom stereocenters. The Morgan fingerprint density at radius 2 is 2.12 bits per heavy atom. The van der Waals surface area contributed by atoms with Gasteiger partial charge in [0.1, 0.15) is 11.6 Å². The summed E-state index contributed by atoms with van der Waals surface area (Å²) in [6.45, 7) is 1.18. The van der Waals surface area contributed by atoms with Gasteiger partial charge in [0.05, 0.1) is 4.90 Å². The third-order valence-electron chi connectivity index (χ3n) is 3.98. The fourth-order valence-corrected chi connectivity index (χ4v) is 3.85. The molecule has 130 valence electrons. The van der Waals surface area contributed by atoms with Crippen molar-refractivity contribution in [2.45, 2.75) is 43.7 Å². The zero-order chi connectivity index (χ0) is 17.2. The number of aryl methyl sites for hydroxylation is 2. The van der Waals surface area contributed by atoms with Gasteiger partial charge in [0.2, 0.25) is 10.0 Å². The first-order chi connectivity index (χ1) is 11.5. The molecule has 1 aromatic carbocycles.